The minimum atomic E-state index is 0.509. The molecule has 0 bridgehead atoms. The number of hydrogen-bond acceptors (Lipinski definition) is 2. The molecule has 0 spiro atoms. The first-order valence-electron chi connectivity index (χ1n) is 9.05. The zero-order valence-corrected chi connectivity index (χ0v) is 16.1. The summed E-state index contributed by atoms with van der Waals surface area (Å²) in [6, 6.07) is 14.8. The Labute approximate surface area is 152 Å². The second-order valence-electron chi connectivity index (χ2n) is 6.90. The highest BCUT2D eigenvalue weighted by molar-refractivity contribution is 5.73. The Morgan fingerprint density at radius 3 is 1.92 bits per heavy atom. The van der Waals surface area contributed by atoms with Gasteiger partial charge in [-0.2, -0.15) is 0 Å². The summed E-state index contributed by atoms with van der Waals surface area (Å²) >= 11 is 0. The van der Waals surface area contributed by atoms with Crippen molar-refractivity contribution in [1.29, 1.82) is 0 Å². The maximum absolute atomic E-state index is 5.62. The number of ether oxygens (including phenoxy) is 2. The summed E-state index contributed by atoms with van der Waals surface area (Å²) in [5.74, 6) is 1.89. The van der Waals surface area contributed by atoms with E-state index in [-0.39, 0.29) is 0 Å². The third-order valence-electron chi connectivity index (χ3n) is 4.30. The van der Waals surface area contributed by atoms with Gasteiger partial charge in [-0.1, -0.05) is 70.2 Å². The van der Waals surface area contributed by atoms with Crippen LogP contribution in [0, 0.1) is 0 Å². The maximum atomic E-state index is 5.62. The highest BCUT2D eigenvalue weighted by Crippen LogP contribution is 2.29. The van der Waals surface area contributed by atoms with Gasteiger partial charge < -0.3 is 9.47 Å². The summed E-state index contributed by atoms with van der Waals surface area (Å²) in [5.41, 5.74) is 5.34. The van der Waals surface area contributed by atoms with Crippen LogP contribution >= 0.6 is 0 Å². The molecule has 0 atom stereocenters. The molecule has 2 aromatic rings. The first-order chi connectivity index (χ1) is 12.0. The lowest BCUT2D eigenvalue weighted by atomic mass is 9.88. The van der Waals surface area contributed by atoms with Crippen molar-refractivity contribution in [3.8, 4) is 5.75 Å². The van der Waals surface area contributed by atoms with E-state index in [1.807, 2.05) is 12.1 Å². The largest absolute Gasteiger partial charge is 0.491 e. The monoisotopic (exact) mass is 338 g/mol. The number of rotatable bonds is 8. The third kappa shape index (κ3) is 5.47. The summed E-state index contributed by atoms with van der Waals surface area (Å²) in [5, 5.41) is 0. The van der Waals surface area contributed by atoms with Gasteiger partial charge in [-0.15, -0.1) is 0 Å². The quantitative estimate of drug-likeness (QED) is 0.426. The number of methoxy groups -OCH3 is 1. The van der Waals surface area contributed by atoms with Gasteiger partial charge >= 0.3 is 0 Å². The second-order valence-corrected chi connectivity index (χ2v) is 6.90. The van der Waals surface area contributed by atoms with Gasteiger partial charge in [-0.25, -0.2) is 0 Å². The van der Waals surface area contributed by atoms with Crippen LogP contribution in [-0.4, -0.2) is 20.3 Å². The number of hydrogen-bond donors (Lipinski definition) is 0. The summed E-state index contributed by atoms with van der Waals surface area (Å²) in [6.45, 7) is 10.2. The zero-order valence-electron chi connectivity index (χ0n) is 16.1. The molecule has 0 N–H and O–H groups in total. The fourth-order valence-electron chi connectivity index (χ4n) is 2.90. The highest BCUT2D eigenvalue weighted by atomic mass is 16.5. The molecule has 0 aliphatic heterocycles. The molecule has 0 aliphatic rings. The van der Waals surface area contributed by atoms with E-state index in [1.54, 1.807) is 7.11 Å². The van der Waals surface area contributed by atoms with Crippen molar-refractivity contribution in [1.82, 2.24) is 0 Å². The van der Waals surface area contributed by atoms with Crippen molar-refractivity contribution >= 4 is 12.2 Å². The Bertz CT molecular complexity index is 655. The highest BCUT2D eigenvalue weighted by Gasteiger charge is 2.11. The molecule has 25 heavy (non-hydrogen) atoms. The van der Waals surface area contributed by atoms with Crippen LogP contribution < -0.4 is 4.74 Å². The van der Waals surface area contributed by atoms with Crippen LogP contribution in [0.2, 0.25) is 0 Å². The molecule has 2 heteroatoms. The Balaban J connectivity index is 2.21. The van der Waals surface area contributed by atoms with Crippen LogP contribution in [0.3, 0.4) is 0 Å². The standard InChI is InChI=1S/C23H30O2/c1-17(2)21-7-6-8-22(18(3)4)23(21)14-11-19-9-12-20(13-10-19)25-16-15-24-5/h6-14,17-18H,15-16H2,1-5H3/b14-11+. The minimum absolute atomic E-state index is 0.509. The average molecular weight is 338 g/mol. The van der Waals surface area contributed by atoms with Crippen molar-refractivity contribution in [3.05, 3.63) is 64.7 Å². The van der Waals surface area contributed by atoms with Crippen molar-refractivity contribution in [2.75, 3.05) is 20.3 Å². The van der Waals surface area contributed by atoms with Crippen molar-refractivity contribution in [2.45, 2.75) is 39.5 Å². The van der Waals surface area contributed by atoms with E-state index in [0.29, 0.717) is 25.0 Å². The summed E-state index contributed by atoms with van der Waals surface area (Å²) in [4.78, 5) is 0. The molecular weight excluding hydrogens is 308 g/mol. The molecule has 0 fully saturated rings. The molecule has 2 rings (SSSR count). The molecule has 0 unspecified atom stereocenters. The average Bonchev–Trinajstić information content (AvgIpc) is 2.60. The van der Waals surface area contributed by atoms with Gasteiger partial charge in [0.05, 0.1) is 6.61 Å². The van der Waals surface area contributed by atoms with E-state index >= 15 is 0 Å². The van der Waals surface area contributed by atoms with E-state index in [2.05, 4.69) is 70.2 Å². The van der Waals surface area contributed by atoms with Gasteiger partial charge in [-0.3, -0.25) is 0 Å². The van der Waals surface area contributed by atoms with Gasteiger partial charge in [0.2, 0.25) is 0 Å². The third-order valence-corrected chi connectivity index (χ3v) is 4.30. The van der Waals surface area contributed by atoms with E-state index in [4.69, 9.17) is 9.47 Å². The minimum Gasteiger partial charge on any atom is -0.491 e. The Hall–Kier alpha value is -2.06. The predicted octanol–water partition coefficient (Wildman–Crippen LogP) is 6.13. The van der Waals surface area contributed by atoms with Gasteiger partial charge in [0.1, 0.15) is 12.4 Å². The lowest BCUT2D eigenvalue weighted by Crippen LogP contribution is -2.03. The van der Waals surface area contributed by atoms with Crippen LogP contribution in [0.15, 0.2) is 42.5 Å². The maximum Gasteiger partial charge on any atom is 0.119 e. The predicted molar refractivity (Wildman–Crippen MR) is 107 cm³/mol. The van der Waals surface area contributed by atoms with Crippen LogP contribution in [0.5, 0.6) is 5.75 Å². The first-order valence-corrected chi connectivity index (χ1v) is 9.05. The summed E-state index contributed by atoms with van der Waals surface area (Å²) in [7, 11) is 1.68. The molecule has 134 valence electrons. The van der Waals surface area contributed by atoms with Crippen molar-refractivity contribution in [2.24, 2.45) is 0 Å². The molecule has 0 aromatic heterocycles. The van der Waals surface area contributed by atoms with Gasteiger partial charge in [0, 0.05) is 7.11 Å². The molecule has 0 heterocycles. The van der Waals surface area contributed by atoms with Crippen LogP contribution in [-0.2, 0) is 4.74 Å². The van der Waals surface area contributed by atoms with Gasteiger partial charge in [0.25, 0.3) is 0 Å². The molecular formula is C23H30O2. The lowest BCUT2D eigenvalue weighted by molar-refractivity contribution is 0.146. The molecule has 0 saturated heterocycles. The number of benzene rings is 2. The van der Waals surface area contributed by atoms with E-state index in [9.17, 15) is 0 Å². The van der Waals surface area contributed by atoms with Crippen LogP contribution in [0.1, 0.15) is 61.8 Å². The Morgan fingerprint density at radius 2 is 1.40 bits per heavy atom. The van der Waals surface area contributed by atoms with Gasteiger partial charge in [0.15, 0.2) is 0 Å². The molecule has 2 nitrogen and oxygen atoms in total. The first kappa shape index (κ1) is 19.3. The van der Waals surface area contributed by atoms with Crippen molar-refractivity contribution in [3.63, 3.8) is 0 Å². The summed E-state index contributed by atoms with van der Waals surface area (Å²) < 4.78 is 10.6. The zero-order chi connectivity index (χ0) is 18.2. The normalized spacial score (nSPS) is 11.6. The topological polar surface area (TPSA) is 18.5 Å². The van der Waals surface area contributed by atoms with Gasteiger partial charge in [-0.05, 0) is 46.2 Å². The van der Waals surface area contributed by atoms with Crippen LogP contribution in [0.25, 0.3) is 12.2 Å². The molecule has 0 aliphatic carbocycles. The molecule has 2 aromatic carbocycles. The molecule has 0 saturated carbocycles. The SMILES string of the molecule is COCCOc1ccc(/C=C/c2c(C(C)C)cccc2C(C)C)cc1. The Kier molecular flexibility index (Phi) is 7.27. The second kappa shape index (κ2) is 9.43. The Morgan fingerprint density at radius 1 is 0.800 bits per heavy atom. The summed E-state index contributed by atoms with van der Waals surface area (Å²) in [6.07, 6.45) is 4.44. The van der Waals surface area contributed by atoms with Crippen LogP contribution in [0.4, 0.5) is 0 Å². The van der Waals surface area contributed by atoms with E-state index in [1.165, 1.54) is 22.3 Å². The van der Waals surface area contributed by atoms with Crippen molar-refractivity contribution < 1.29 is 9.47 Å². The molecule has 0 amide bonds. The fourth-order valence-corrected chi connectivity index (χ4v) is 2.90. The van der Waals surface area contributed by atoms with E-state index in [0.717, 1.165) is 5.75 Å². The smallest absolute Gasteiger partial charge is 0.119 e. The lowest BCUT2D eigenvalue weighted by Gasteiger charge is -2.17. The fraction of sp³-hybridized carbons (Fsp3) is 0.391. The van der Waals surface area contributed by atoms with E-state index < -0.39 is 0 Å². The molecule has 0 radical (unpaired) electrons.